The molecule has 1 saturated carbocycles. The minimum atomic E-state index is -3.71. The molecule has 1 unspecified atom stereocenters. The van der Waals surface area contributed by atoms with Crippen molar-refractivity contribution in [3.8, 4) is 11.1 Å². The Morgan fingerprint density at radius 2 is 1.86 bits per heavy atom. The molecule has 0 spiro atoms. The monoisotopic (exact) mass is 410 g/mol. The van der Waals surface area contributed by atoms with E-state index in [9.17, 15) is 22.3 Å². The Kier molecular flexibility index (Phi) is 6.44. The van der Waals surface area contributed by atoms with Crippen molar-refractivity contribution >= 4 is 10.0 Å². The zero-order valence-electron chi connectivity index (χ0n) is 15.5. The van der Waals surface area contributed by atoms with Crippen LogP contribution in [0.4, 0.5) is 8.78 Å². The highest BCUT2D eigenvalue weighted by Crippen LogP contribution is 2.30. The first-order valence-electron chi connectivity index (χ1n) is 9.20. The molecule has 0 saturated heterocycles. The topological polar surface area (TPSA) is 78.4 Å². The van der Waals surface area contributed by atoms with Gasteiger partial charge in [-0.1, -0.05) is 12.1 Å². The van der Waals surface area contributed by atoms with E-state index in [1.165, 1.54) is 30.3 Å². The van der Waals surface area contributed by atoms with Gasteiger partial charge in [0, 0.05) is 23.7 Å². The molecule has 0 heterocycles. The molecule has 8 heteroatoms. The van der Waals surface area contributed by atoms with Crippen LogP contribution in [0.25, 0.3) is 11.1 Å². The molecule has 0 radical (unpaired) electrons. The molecule has 0 amide bonds. The van der Waals surface area contributed by atoms with Crippen molar-refractivity contribution in [1.82, 2.24) is 10.0 Å². The lowest BCUT2D eigenvalue weighted by molar-refractivity contribution is 0.205. The summed E-state index contributed by atoms with van der Waals surface area (Å²) in [6.07, 6.45) is 2.20. The van der Waals surface area contributed by atoms with Crippen molar-refractivity contribution in [2.24, 2.45) is 5.92 Å². The number of aliphatic hydroxyl groups excluding tert-OH is 1. The molecule has 2 aromatic carbocycles. The van der Waals surface area contributed by atoms with Crippen molar-refractivity contribution in [3.63, 3.8) is 0 Å². The highest BCUT2D eigenvalue weighted by molar-refractivity contribution is 7.89. The van der Waals surface area contributed by atoms with Gasteiger partial charge in [-0.15, -0.1) is 0 Å². The molecular weight excluding hydrogens is 386 g/mol. The fourth-order valence-electron chi connectivity index (χ4n) is 3.79. The Bertz CT molecular complexity index is 916. The summed E-state index contributed by atoms with van der Waals surface area (Å²) < 4.78 is 55.0. The average Bonchev–Trinajstić information content (AvgIpc) is 3.10. The predicted octanol–water partition coefficient (Wildman–Crippen LogP) is 2.66. The minimum Gasteiger partial charge on any atom is -0.395 e. The fourth-order valence-corrected chi connectivity index (χ4v) is 5.07. The molecule has 0 aromatic heterocycles. The van der Waals surface area contributed by atoms with E-state index in [1.807, 2.05) is 0 Å². The summed E-state index contributed by atoms with van der Waals surface area (Å²) in [5.74, 6) is -1.15. The van der Waals surface area contributed by atoms with Crippen molar-refractivity contribution in [1.29, 1.82) is 0 Å². The number of hydrogen-bond acceptors (Lipinski definition) is 4. The van der Waals surface area contributed by atoms with Crippen molar-refractivity contribution in [2.45, 2.75) is 36.2 Å². The van der Waals surface area contributed by atoms with Gasteiger partial charge in [-0.2, -0.15) is 0 Å². The number of sulfonamides is 1. The molecule has 152 valence electrons. The highest BCUT2D eigenvalue weighted by atomic mass is 32.2. The van der Waals surface area contributed by atoms with Crippen LogP contribution in [0.1, 0.15) is 19.3 Å². The van der Waals surface area contributed by atoms with E-state index in [1.54, 1.807) is 7.05 Å². The van der Waals surface area contributed by atoms with Crippen LogP contribution in [-0.2, 0) is 10.0 Å². The molecule has 0 bridgehead atoms. The third-order valence-corrected chi connectivity index (χ3v) is 6.87. The summed E-state index contributed by atoms with van der Waals surface area (Å²) in [5.41, 5.74) is 0.677. The van der Waals surface area contributed by atoms with Gasteiger partial charge in [0.05, 0.1) is 11.5 Å². The first-order chi connectivity index (χ1) is 13.3. The molecule has 0 aliphatic heterocycles. The number of likely N-dealkylation sites (N-methyl/N-ethyl adjacent to an activating group) is 1. The Morgan fingerprint density at radius 1 is 1.14 bits per heavy atom. The van der Waals surface area contributed by atoms with Crippen LogP contribution in [-0.4, -0.2) is 39.3 Å². The number of benzene rings is 2. The Labute approximate surface area is 163 Å². The summed E-state index contributed by atoms with van der Waals surface area (Å²) in [5, 5.41) is 12.4. The van der Waals surface area contributed by atoms with Gasteiger partial charge in [0.2, 0.25) is 10.0 Å². The zero-order chi connectivity index (χ0) is 20.3. The quantitative estimate of drug-likeness (QED) is 0.656. The van der Waals surface area contributed by atoms with Gasteiger partial charge in [-0.05, 0) is 62.1 Å². The largest absolute Gasteiger partial charge is 0.395 e. The molecule has 1 aliphatic carbocycles. The number of aliphatic hydroxyl groups is 1. The normalized spacial score (nSPS) is 21.0. The first kappa shape index (κ1) is 20.9. The van der Waals surface area contributed by atoms with E-state index in [-0.39, 0.29) is 35.1 Å². The maximum atomic E-state index is 13.9. The molecule has 3 atom stereocenters. The third kappa shape index (κ3) is 4.57. The van der Waals surface area contributed by atoms with Crippen LogP contribution in [0, 0.1) is 17.6 Å². The molecule has 5 nitrogen and oxygen atoms in total. The second-order valence-corrected chi connectivity index (χ2v) is 8.83. The summed E-state index contributed by atoms with van der Waals surface area (Å²) in [4.78, 5) is 0.0922. The predicted molar refractivity (Wildman–Crippen MR) is 103 cm³/mol. The molecule has 1 fully saturated rings. The van der Waals surface area contributed by atoms with Crippen LogP contribution < -0.4 is 10.0 Å². The van der Waals surface area contributed by atoms with Gasteiger partial charge < -0.3 is 10.4 Å². The number of hydrogen-bond donors (Lipinski definition) is 3. The molecule has 28 heavy (non-hydrogen) atoms. The second-order valence-electron chi connectivity index (χ2n) is 7.12. The van der Waals surface area contributed by atoms with Crippen LogP contribution in [0.15, 0.2) is 47.4 Å². The summed E-state index contributed by atoms with van der Waals surface area (Å²) in [6.45, 7) is 0.0159. The standard InChI is InChI=1S/C20H24F2N2O3S/c1-23-20(12-25)14-2-6-16(10-14)24-28(26,27)17-7-3-13(4-8-17)18-9-5-15(21)11-19(18)22/h3-5,7-9,11,14,16,20,23-25H,2,6,10,12H2,1H3/t14-,16+,20?/m1/s1. The van der Waals surface area contributed by atoms with Gasteiger partial charge in [0.15, 0.2) is 0 Å². The zero-order valence-corrected chi connectivity index (χ0v) is 16.3. The van der Waals surface area contributed by atoms with E-state index in [0.717, 1.165) is 18.6 Å². The van der Waals surface area contributed by atoms with Crippen molar-refractivity contribution in [3.05, 3.63) is 54.1 Å². The van der Waals surface area contributed by atoms with Gasteiger partial charge >= 0.3 is 0 Å². The van der Waals surface area contributed by atoms with Crippen molar-refractivity contribution < 1.29 is 22.3 Å². The Balaban J connectivity index is 1.71. The Morgan fingerprint density at radius 3 is 2.46 bits per heavy atom. The van der Waals surface area contributed by atoms with E-state index in [0.29, 0.717) is 18.4 Å². The number of nitrogens with one attached hydrogen (secondary N) is 2. The number of rotatable bonds is 7. The maximum absolute atomic E-state index is 13.9. The second kappa shape index (κ2) is 8.65. The summed E-state index contributed by atoms with van der Waals surface area (Å²) in [7, 11) is -1.93. The lowest BCUT2D eigenvalue weighted by atomic mass is 9.99. The molecular formula is C20H24F2N2O3S. The van der Waals surface area contributed by atoms with E-state index in [2.05, 4.69) is 10.0 Å². The van der Waals surface area contributed by atoms with Crippen LogP contribution in [0.3, 0.4) is 0 Å². The van der Waals surface area contributed by atoms with Crippen LogP contribution >= 0.6 is 0 Å². The number of halogens is 2. The first-order valence-corrected chi connectivity index (χ1v) is 10.7. The molecule has 2 aromatic rings. The average molecular weight is 410 g/mol. The van der Waals surface area contributed by atoms with Gasteiger partial charge in [0.1, 0.15) is 11.6 Å². The van der Waals surface area contributed by atoms with E-state index >= 15 is 0 Å². The van der Waals surface area contributed by atoms with Gasteiger partial charge in [-0.3, -0.25) is 0 Å². The van der Waals surface area contributed by atoms with E-state index in [4.69, 9.17) is 0 Å². The summed E-state index contributed by atoms with van der Waals surface area (Å²) >= 11 is 0. The lowest BCUT2D eigenvalue weighted by Crippen LogP contribution is -2.38. The van der Waals surface area contributed by atoms with Crippen LogP contribution in [0.2, 0.25) is 0 Å². The summed E-state index contributed by atoms with van der Waals surface area (Å²) in [6, 6.07) is 8.88. The SMILES string of the molecule is CNC(CO)[C@@H]1CC[C@H](NS(=O)(=O)c2ccc(-c3ccc(F)cc3F)cc2)C1. The van der Waals surface area contributed by atoms with Gasteiger partial charge in [-0.25, -0.2) is 21.9 Å². The Hall–Kier alpha value is -1.87. The lowest BCUT2D eigenvalue weighted by Gasteiger charge is -2.21. The van der Waals surface area contributed by atoms with Crippen molar-refractivity contribution in [2.75, 3.05) is 13.7 Å². The van der Waals surface area contributed by atoms with Crippen LogP contribution in [0.5, 0.6) is 0 Å². The smallest absolute Gasteiger partial charge is 0.240 e. The molecule has 1 aliphatic rings. The fraction of sp³-hybridized carbons (Fsp3) is 0.400. The molecule has 3 rings (SSSR count). The minimum absolute atomic E-state index is 0.0159. The molecule has 3 N–H and O–H groups in total. The van der Waals surface area contributed by atoms with Gasteiger partial charge in [0.25, 0.3) is 0 Å². The van der Waals surface area contributed by atoms with E-state index < -0.39 is 21.7 Å². The maximum Gasteiger partial charge on any atom is 0.240 e. The third-order valence-electron chi connectivity index (χ3n) is 5.34. The highest BCUT2D eigenvalue weighted by Gasteiger charge is 2.32.